The van der Waals surface area contributed by atoms with Crippen LogP contribution in [-0.4, -0.2) is 71.0 Å². The zero-order valence-electron chi connectivity index (χ0n) is 19.3. The number of likely N-dealkylation sites (tertiary alicyclic amines) is 1. The van der Waals surface area contributed by atoms with Gasteiger partial charge in [-0.15, -0.1) is 0 Å². The highest BCUT2D eigenvalue weighted by atomic mass is 19.4. The van der Waals surface area contributed by atoms with Gasteiger partial charge in [0.05, 0.1) is 16.1 Å². The fourth-order valence-electron chi connectivity index (χ4n) is 4.39. The van der Waals surface area contributed by atoms with Crippen molar-refractivity contribution in [1.82, 2.24) is 14.7 Å². The topological polar surface area (TPSA) is 82.0 Å². The quantitative estimate of drug-likeness (QED) is 0.345. The van der Waals surface area contributed by atoms with Crippen LogP contribution in [0.25, 0.3) is 0 Å². The minimum absolute atomic E-state index is 0.00793. The molecule has 0 aromatic heterocycles. The first-order valence-electron chi connectivity index (χ1n) is 11.3. The van der Waals surface area contributed by atoms with Crippen molar-refractivity contribution < 1.29 is 36.1 Å². The molecule has 2 saturated heterocycles. The second-order valence-corrected chi connectivity index (χ2v) is 9.02. The van der Waals surface area contributed by atoms with E-state index in [1.807, 2.05) is 6.07 Å². The molecular formula is C23H23F6N5O3. The van der Waals surface area contributed by atoms with Gasteiger partial charge in [0.2, 0.25) is 0 Å². The van der Waals surface area contributed by atoms with Crippen molar-refractivity contribution in [2.24, 2.45) is 0 Å². The van der Waals surface area contributed by atoms with E-state index in [4.69, 9.17) is 0 Å². The van der Waals surface area contributed by atoms with Gasteiger partial charge < -0.3 is 10.2 Å². The highest BCUT2D eigenvalue weighted by Gasteiger charge is 2.39. The zero-order chi connectivity index (χ0) is 27.0. The molecule has 0 bridgehead atoms. The van der Waals surface area contributed by atoms with Gasteiger partial charge in [0.15, 0.2) is 0 Å². The molecule has 0 saturated carbocycles. The number of piperazine rings is 1. The number of rotatable bonds is 5. The van der Waals surface area contributed by atoms with Crippen LogP contribution in [0.15, 0.2) is 42.5 Å². The van der Waals surface area contributed by atoms with Crippen LogP contribution in [-0.2, 0) is 18.9 Å². The summed E-state index contributed by atoms with van der Waals surface area (Å²) in [7, 11) is 0. The molecule has 200 valence electrons. The second kappa shape index (κ2) is 10.2. The number of non-ortho nitro benzene ring substituents is 1. The van der Waals surface area contributed by atoms with Crippen molar-refractivity contribution in [3.8, 4) is 0 Å². The van der Waals surface area contributed by atoms with Gasteiger partial charge in [0.1, 0.15) is 0 Å². The number of urea groups is 1. The molecule has 0 spiro atoms. The molecule has 1 N–H and O–H groups in total. The van der Waals surface area contributed by atoms with Crippen molar-refractivity contribution in [1.29, 1.82) is 0 Å². The molecule has 2 aromatic rings. The summed E-state index contributed by atoms with van der Waals surface area (Å²) in [6.07, 6.45) is -10.0. The lowest BCUT2D eigenvalue weighted by Gasteiger charge is -2.48. The summed E-state index contributed by atoms with van der Waals surface area (Å²) >= 11 is 0. The Balaban J connectivity index is 1.28. The van der Waals surface area contributed by atoms with Crippen molar-refractivity contribution in [3.63, 3.8) is 0 Å². The Morgan fingerprint density at radius 1 is 0.946 bits per heavy atom. The molecule has 0 aliphatic carbocycles. The minimum atomic E-state index is -5.00. The molecule has 2 aromatic carbocycles. The maximum absolute atomic E-state index is 13.0. The van der Waals surface area contributed by atoms with Crippen LogP contribution >= 0.6 is 0 Å². The third-order valence-electron chi connectivity index (χ3n) is 6.44. The Morgan fingerprint density at radius 3 is 2.08 bits per heavy atom. The van der Waals surface area contributed by atoms with E-state index in [-0.39, 0.29) is 17.8 Å². The smallest absolute Gasteiger partial charge is 0.321 e. The first-order valence-corrected chi connectivity index (χ1v) is 11.3. The van der Waals surface area contributed by atoms with Gasteiger partial charge in [-0.2, -0.15) is 26.3 Å². The monoisotopic (exact) mass is 531 g/mol. The van der Waals surface area contributed by atoms with Crippen molar-refractivity contribution in [2.75, 3.05) is 44.6 Å². The summed E-state index contributed by atoms with van der Waals surface area (Å²) in [6, 6.07) is 6.65. The maximum atomic E-state index is 13.0. The number of carbonyl (C=O) groups excluding carboxylic acids is 1. The van der Waals surface area contributed by atoms with E-state index in [9.17, 15) is 41.3 Å². The molecule has 2 aliphatic rings. The summed E-state index contributed by atoms with van der Waals surface area (Å²) in [5.41, 5.74) is -2.71. The lowest BCUT2D eigenvalue weighted by atomic mass is 10.1. The highest BCUT2D eigenvalue weighted by Crippen LogP contribution is 2.37. The Hall–Kier alpha value is -3.39. The maximum Gasteiger partial charge on any atom is 0.416 e. The number of nitrogens with zero attached hydrogens (tertiary/aromatic N) is 4. The zero-order valence-corrected chi connectivity index (χ0v) is 19.3. The van der Waals surface area contributed by atoms with Crippen LogP contribution in [0.3, 0.4) is 0 Å². The molecule has 0 unspecified atom stereocenters. The number of nitrogens with one attached hydrogen (secondary N) is 1. The third-order valence-corrected chi connectivity index (χ3v) is 6.44. The lowest BCUT2D eigenvalue weighted by molar-refractivity contribution is -0.384. The summed E-state index contributed by atoms with van der Waals surface area (Å²) < 4.78 is 78.2. The number of carbonyl (C=O) groups is 1. The summed E-state index contributed by atoms with van der Waals surface area (Å²) in [5, 5.41) is 13.1. The standard InChI is InChI=1S/C23H23F6N5O3/c24-22(25,26)16-9-17(23(27,28)29)11-18(10-16)30-21(35)33-13-20(14-33)32-6-4-31(5-7-32)12-15-2-1-3-19(8-15)34(36)37/h1-3,8-11,20H,4-7,12-14H2,(H,30,35). The van der Waals surface area contributed by atoms with Gasteiger partial charge in [0.25, 0.3) is 5.69 Å². The summed E-state index contributed by atoms with van der Waals surface area (Å²) in [6.45, 7) is 3.94. The Labute approximate surface area is 207 Å². The number of nitro benzene ring substituents is 1. The predicted octanol–water partition coefficient (Wildman–Crippen LogP) is 4.67. The van der Waals surface area contributed by atoms with Gasteiger partial charge in [-0.1, -0.05) is 12.1 Å². The van der Waals surface area contributed by atoms with E-state index in [0.717, 1.165) is 5.56 Å². The number of halogens is 6. The molecule has 2 amide bonds. The van der Waals surface area contributed by atoms with Gasteiger partial charge in [-0.25, -0.2) is 4.79 Å². The average Bonchev–Trinajstić information content (AvgIpc) is 2.78. The lowest BCUT2D eigenvalue weighted by Crippen LogP contribution is -2.64. The Bertz CT molecular complexity index is 1130. The van der Waals surface area contributed by atoms with Gasteiger partial charge in [-0.3, -0.25) is 19.9 Å². The largest absolute Gasteiger partial charge is 0.416 e. The number of benzene rings is 2. The minimum Gasteiger partial charge on any atom is -0.321 e. The van der Waals surface area contributed by atoms with Gasteiger partial charge in [0, 0.05) is 69.7 Å². The van der Waals surface area contributed by atoms with Crippen LogP contribution in [0.4, 0.5) is 42.5 Å². The fraction of sp³-hybridized carbons (Fsp3) is 0.435. The van der Waals surface area contributed by atoms with E-state index < -0.39 is 40.1 Å². The van der Waals surface area contributed by atoms with Gasteiger partial charge >= 0.3 is 18.4 Å². The number of hydrogen-bond donors (Lipinski definition) is 1. The van der Waals surface area contributed by atoms with E-state index in [1.54, 1.807) is 6.07 Å². The number of nitro groups is 1. The van der Waals surface area contributed by atoms with E-state index >= 15 is 0 Å². The van der Waals surface area contributed by atoms with E-state index in [1.165, 1.54) is 17.0 Å². The molecule has 2 fully saturated rings. The number of anilines is 1. The van der Waals surface area contributed by atoms with Crippen LogP contribution < -0.4 is 5.32 Å². The van der Waals surface area contributed by atoms with Crippen LogP contribution in [0.2, 0.25) is 0 Å². The SMILES string of the molecule is O=C(Nc1cc(C(F)(F)F)cc(C(F)(F)F)c1)N1CC(N2CCN(Cc3cccc([N+](=O)[O-])c3)CC2)C1. The molecule has 0 atom stereocenters. The number of hydrogen-bond acceptors (Lipinski definition) is 5. The summed E-state index contributed by atoms with van der Waals surface area (Å²) in [4.78, 5) is 28.6. The molecule has 0 radical (unpaired) electrons. The second-order valence-electron chi connectivity index (χ2n) is 9.02. The number of alkyl halides is 6. The van der Waals surface area contributed by atoms with Crippen LogP contribution in [0, 0.1) is 10.1 Å². The first kappa shape index (κ1) is 26.7. The van der Waals surface area contributed by atoms with Crippen molar-refractivity contribution in [3.05, 3.63) is 69.3 Å². The molecule has 8 nitrogen and oxygen atoms in total. The average molecular weight is 531 g/mol. The highest BCUT2D eigenvalue weighted by molar-refractivity contribution is 5.90. The van der Waals surface area contributed by atoms with Crippen molar-refractivity contribution >= 4 is 17.4 Å². The molecule has 2 heterocycles. The fourth-order valence-corrected chi connectivity index (χ4v) is 4.39. The predicted molar refractivity (Wildman–Crippen MR) is 121 cm³/mol. The number of amides is 2. The normalized spacial score (nSPS) is 17.9. The Kier molecular flexibility index (Phi) is 7.33. The Morgan fingerprint density at radius 2 is 1.54 bits per heavy atom. The molecular weight excluding hydrogens is 508 g/mol. The van der Waals surface area contributed by atoms with Gasteiger partial charge in [-0.05, 0) is 23.8 Å². The van der Waals surface area contributed by atoms with E-state index in [0.29, 0.717) is 57.9 Å². The van der Waals surface area contributed by atoms with Crippen molar-refractivity contribution in [2.45, 2.75) is 24.9 Å². The van der Waals surface area contributed by atoms with Crippen LogP contribution in [0.5, 0.6) is 0 Å². The molecule has 37 heavy (non-hydrogen) atoms. The summed E-state index contributed by atoms with van der Waals surface area (Å²) in [5.74, 6) is 0. The van der Waals surface area contributed by atoms with E-state index in [2.05, 4.69) is 15.1 Å². The molecule has 4 rings (SSSR count). The third kappa shape index (κ3) is 6.49. The molecule has 2 aliphatic heterocycles. The molecule has 14 heteroatoms. The first-order chi connectivity index (χ1) is 17.3. The van der Waals surface area contributed by atoms with Crippen LogP contribution in [0.1, 0.15) is 16.7 Å².